The molecule has 4 heteroatoms. The molecule has 132 valence electrons. The molecule has 0 aliphatic heterocycles. The quantitative estimate of drug-likeness (QED) is 0.438. The van der Waals surface area contributed by atoms with Gasteiger partial charge in [0, 0.05) is 0 Å². The number of ether oxygens (including phenoxy) is 2. The number of allylic oxidation sites excluding steroid dienone is 3. The van der Waals surface area contributed by atoms with Crippen LogP contribution in [0.25, 0.3) is 0 Å². The van der Waals surface area contributed by atoms with Gasteiger partial charge in [0.15, 0.2) is 11.5 Å². The Labute approximate surface area is 147 Å². The lowest BCUT2D eigenvalue weighted by molar-refractivity contribution is 0.264. The molecule has 2 rings (SSSR count). The molecule has 0 fully saturated rings. The molecule has 25 heavy (non-hydrogen) atoms. The van der Waals surface area contributed by atoms with Crippen LogP contribution in [0.5, 0.6) is 11.5 Å². The zero-order valence-corrected chi connectivity index (χ0v) is 14.5. The molecule has 0 N–H and O–H groups in total. The first-order valence-corrected chi connectivity index (χ1v) is 8.17. The van der Waals surface area contributed by atoms with E-state index in [-0.39, 0.29) is 11.6 Å². The largest absolute Gasteiger partial charge is 0.489 e. The predicted molar refractivity (Wildman–Crippen MR) is 96.0 cm³/mol. The third kappa shape index (κ3) is 6.42. The van der Waals surface area contributed by atoms with Gasteiger partial charge in [-0.3, -0.25) is 0 Å². The van der Waals surface area contributed by atoms with Gasteiger partial charge in [0.25, 0.3) is 0 Å². The minimum absolute atomic E-state index is 0.265. The summed E-state index contributed by atoms with van der Waals surface area (Å²) in [5.74, 6) is 0.727. The van der Waals surface area contributed by atoms with Crippen LogP contribution in [0.4, 0.5) is 8.78 Å². The fraction of sp³-hybridized carbons (Fsp3) is 0.238. The third-order valence-corrected chi connectivity index (χ3v) is 3.50. The van der Waals surface area contributed by atoms with E-state index in [1.54, 1.807) is 25.1 Å². The van der Waals surface area contributed by atoms with Crippen molar-refractivity contribution < 1.29 is 18.3 Å². The molecule has 0 aliphatic carbocycles. The molecule has 0 saturated carbocycles. The molecule has 2 nitrogen and oxygen atoms in total. The summed E-state index contributed by atoms with van der Waals surface area (Å²) in [5, 5.41) is 0. The van der Waals surface area contributed by atoms with Crippen LogP contribution in [0, 0.1) is 12.7 Å². The Balaban J connectivity index is 1.94. The van der Waals surface area contributed by atoms with E-state index in [1.165, 1.54) is 24.3 Å². The second kappa shape index (κ2) is 9.62. The number of rotatable bonds is 8. The number of halogens is 2. The highest BCUT2D eigenvalue weighted by Crippen LogP contribution is 2.29. The maximum atomic E-state index is 13.0. The van der Waals surface area contributed by atoms with Gasteiger partial charge in [-0.1, -0.05) is 30.4 Å². The highest BCUT2D eigenvalue weighted by molar-refractivity contribution is 5.42. The smallest absolute Gasteiger partial charge is 0.161 e. The van der Waals surface area contributed by atoms with Crippen LogP contribution in [0.1, 0.15) is 24.5 Å². The minimum atomic E-state index is -0.272. The molecular weight excluding hydrogens is 322 g/mol. The van der Waals surface area contributed by atoms with Crippen LogP contribution in [0.2, 0.25) is 0 Å². The zero-order valence-electron chi connectivity index (χ0n) is 14.5. The van der Waals surface area contributed by atoms with Crippen molar-refractivity contribution in [1.82, 2.24) is 0 Å². The van der Waals surface area contributed by atoms with Gasteiger partial charge in [-0.05, 0) is 61.7 Å². The molecule has 2 aromatic carbocycles. The summed E-state index contributed by atoms with van der Waals surface area (Å²) >= 11 is 0. The van der Waals surface area contributed by atoms with Crippen molar-refractivity contribution in [2.75, 3.05) is 6.61 Å². The van der Waals surface area contributed by atoms with E-state index in [2.05, 4.69) is 0 Å². The number of benzene rings is 2. The topological polar surface area (TPSA) is 18.5 Å². The van der Waals surface area contributed by atoms with Crippen LogP contribution in [0.3, 0.4) is 0 Å². The van der Waals surface area contributed by atoms with Crippen LogP contribution in [0.15, 0.2) is 66.5 Å². The first-order chi connectivity index (χ1) is 12.1. The third-order valence-electron chi connectivity index (χ3n) is 3.50. The van der Waals surface area contributed by atoms with Crippen molar-refractivity contribution >= 4 is 0 Å². The van der Waals surface area contributed by atoms with E-state index in [1.807, 2.05) is 25.1 Å². The molecular formula is C21H22F2O2. The molecule has 2 aromatic rings. The van der Waals surface area contributed by atoms with Gasteiger partial charge in [-0.15, -0.1) is 0 Å². The summed E-state index contributed by atoms with van der Waals surface area (Å²) in [5.41, 5.74) is 1.93. The molecule has 0 aromatic heterocycles. The molecule has 0 aliphatic rings. The molecule has 0 amide bonds. The summed E-state index contributed by atoms with van der Waals surface area (Å²) in [7, 11) is 0. The van der Waals surface area contributed by atoms with Gasteiger partial charge >= 0.3 is 0 Å². The van der Waals surface area contributed by atoms with Gasteiger partial charge < -0.3 is 9.47 Å². The summed E-state index contributed by atoms with van der Waals surface area (Å²) < 4.78 is 37.5. The van der Waals surface area contributed by atoms with Crippen molar-refractivity contribution in [3.63, 3.8) is 0 Å². The maximum Gasteiger partial charge on any atom is 0.161 e. The highest BCUT2D eigenvalue weighted by atomic mass is 19.1. The van der Waals surface area contributed by atoms with Crippen molar-refractivity contribution in [1.29, 1.82) is 0 Å². The Morgan fingerprint density at radius 1 is 1.04 bits per heavy atom. The van der Waals surface area contributed by atoms with Crippen LogP contribution in [-0.4, -0.2) is 6.61 Å². The second-order valence-corrected chi connectivity index (χ2v) is 5.58. The van der Waals surface area contributed by atoms with E-state index in [4.69, 9.17) is 9.47 Å². The Morgan fingerprint density at radius 2 is 1.80 bits per heavy atom. The lowest BCUT2D eigenvalue weighted by atomic mass is 10.2. The molecule has 0 bridgehead atoms. The number of aryl methyl sites for hydroxylation is 1. The molecule has 0 heterocycles. The lowest BCUT2D eigenvalue weighted by Crippen LogP contribution is -2.01. The fourth-order valence-electron chi connectivity index (χ4n) is 2.12. The van der Waals surface area contributed by atoms with E-state index in [0.29, 0.717) is 31.1 Å². The van der Waals surface area contributed by atoms with Gasteiger partial charge in [-0.25, -0.2) is 8.78 Å². The highest BCUT2D eigenvalue weighted by Gasteiger charge is 2.06. The first kappa shape index (κ1) is 18.7. The predicted octanol–water partition coefficient (Wildman–Crippen LogP) is 5.91. The monoisotopic (exact) mass is 344 g/mol. The van der Waals surface area contributed by atoms with Gasteiger partial charge in [0.1, 0.15) is 18.3 Å². The number of hydrogen-bond acceptors (Lipinski definition) is 2. The Kier molecular flexibility index (Phi) is 7.20. The summed E-state index contributed by atoms with van der Waals surface area (Å²) in [6.45, 7) is 4.36. The van der Waals surface area contributed by atoms with Crippen LogP contribution >= 0.6 is 0 Å². The van der Waals surface area contributed by atoms with Gasteiger partial charge in [-0.2, -0.15) is 0 Å². The maximum absolute atomic E-state index is 13.0. The molecule has 0 saturated heterocycles. The SMILES string of the molecule is C/C=C(F)\C=C/CCOc1ccc(C)cc1OCc1ccc(F)cc1. The molecule has 0 unspecified atom stereocenters. The molecule has 0 atom stereocenters. The van der Waals surface area contributed by atoms with E-state index >= 15 is 0 Å². The average molecular weight is 344 g/mol. The van der Waals surface area contributed by atoms with Gasteiger partial charge in [0.2, 0.25) is 0 Å². The summed E-state index contributed by atoms with van der Waals surface area (Å²) in [4.78, 5) is 0. The van der Waals surface area contributed by atoms with Crippen LogP contribution in [-0.2, 0) is 6.61 Å². The van der Waals surface area contributed by atoms with Gasteiger partial charge in [0.05, 0.1) is 6.61 Å². The zero-order chi connectivity index (χ0) is 18.1. The fourth-order valence-corrected chi connectivity index (χ4v) is 2.12. The molecule has 0 radical (unpaired) electrons. The average Bonchev–Trinajstić information content (AvgIpc) is 2.62. The normalized spacial score (nSPS) is 11.8. The minimum Gasteiger partial charge on any atom is -0.489 e. The summed E-state index contributed by atoms with van der Waals surface area (Å²) in [6, 6.07) is 11.9. The van der Waals surface area contributed by atoms with Crippen molar-refractivity contribution in [3.05, 3.63) is 83.5 Å². The van der Waals surface area contributed by atoms with E-state index in [0.717, 1.165) is 11.1 Å². The Bertz CT molecular complexity index is 734. The second-order valence-electron chi connectivity index (χ2n) is 5.58. The van der Waals surface area contributed by atoms with Crippen molar-refractivity contribution in [2.24, 2.45) is 0 Å². The number of hydrogen-bond donors (Lipinski definition) is 0. The van der Waals surface area contributed by atoms with Crippen molar-refractivity contribution in [3.8, 4) is 11.5 Å². The Morgan fingerprint density at radius 3 is 2.52 bits per heavy atom. The lowest BCUT2D eigenvalue weighted by Gasteiger charge is -2.13. The van der Waals surface area contributed by atoms with Crippen molar-refractivity contribution in [2.45, 2.75) is 26.9 Å². The van der Waals surface area contributed by atoms with E-state index < -0.39 is 0 Å². The van der Waals surface area contributed by atoms with E-state index in [9.17, 15) is 8.78 Å². The first-order valence-electron chi connectivity index (χ1n) is 8.17. The summed E-state index contributed by atoms with van der Waals surface area (Å²) in [6.07, 6.45) is 5.14. The van der Waals surface area contributed by atoms with Crippen LogP contribution < -0.4 is 9.47 Å². The molecule has 0 spiro atoms. The Hall–Kier alpha value is -2.62. The standard InChI is InChI=1S/C21H22F2O2/c1-3-18(22)6-4-5-13-24-20-12-7-16(2)14-21(20)25-15-17-8-10-19(23)11-9-17/h3-4,6-12,14H,5,13,15H2,1-2H3/b6-4-,18-3+.